The highest BCUT2D eigenvalue weighted by Crippen LogP contribution is 2.23. The smallest absolute Gasteiger partial charge is 0.275 e. The molecule has 2 aromatic rings. The first-order valence-electron chi connectivity index (χ1n) is 12.7. The molecule has 1 fully saturated rings. The van der Waals surface area contributed by atoms with Crippen LogP contribution >= 0.6 is 11.3 Å². The number of carbonyl (C=O) groups is 1. The van der Waals surface area contributed by atoms with Crippen molar-refractivity contribution >= 4 is 34.7 Å². The molecule has 1 saturated heterocycles. The zero-order valence-corrected chi connectivity index (χ0v) is 22.4. The number of rotatable bonds is 8. The van der Waals surface area contributed by atoms with E-state index in [2.05, 4.69) is 20.7 Å². The number of thiazole rings is 1. The topological polar surface area (TPSA) is 69.6 Å². The van der Waals surface area contributed by atoms with Crippen LogP contribution in [0.1, 0.15) is 55.0 Å². The number of benzene rings is 1. The van der Waals surface area contributed by atoms with Gasteiger partial charge in [-0.15, -0.1) is 11.3 Å². The van der Waals surface area contributed by atoms with Gasteiger partial charge in [-0.25, -0.2) is 9.37 Å². The van der Waals surface area contributed by atoms with Gasteiger partial charge in [-0.05, 0) is 69.5 Å². The van der Waals surface area contributed by atoms with E-state index in [9.17, 15) is 9.18 Å². The second kappa shape index (κ2) is 15.7. The Morgan fingerprint density at radius 1 is 1.22 bits per heavy atom. The summed E-state index contributed by atoms with van der Waals surface area (Å²) in [5, 5.41) is 14.7. The Morgan fingerprint density at radius 3 is 2.65 bits per heavy atom. The van der Waals surface area contributed by atoms with Gasteiger partial charge in [0.2, 0.25) is 0 Å². The number of aromatic nitrogens is 1. The molecule has 6 nitrogen and oxygen atoms in total. The minimum Gasteiger partial charge on any atom is -0.321 e. The van der Waals surface area contributed by atoms with Crippen molar-refractivity contribution in [3.8, 4) is 0 Å². The van der Waals surface area contributed by atoms with Crippen LogP contribution in [0.3, 0.4) is 0 Å². The molecule has 2 N–H and O–H groups in total. The van der Waals surface area contributed by atoms with Gasteiger partial charge >= 0.3 is 0 Å². The van der Waals surface area contributed by atoms with Gasteiger partial charge in [-0.1, -0.05) is 48.9 Å². The summed E-state index contributed by atoms with van der Waals surface area (Å²) in [6.07, 6.45) is 16.3. The van der Waals surface area contributed by atoms with Crippen LogP contribution in [0.5, 0.6) is 0 Å². The lowest BCUT2D eigenvalue weighted by Gasteiger charge is -2.18. The normalized spacial score (nSPS) is 15.8. The van der Waals surface area contributed by atoms with Crippen LogP contribution in [0.4, 0.5) is 10.1 Å². The molecule has 37 heavy (non-hydrogen) atoms. The second-order valence-electron chi connectivity index (χ2n) is 8.67. The first kappa shape index (κ1) is 28.2. The third-order valence-corrected chi connectivity index (χ3v) is 6.72. The van der Waals surface area contributed by atoms with E-state index in [1.54, 1.807) is 16.6 Å². The Morgan fingerprint density at radius 2 is 2.00 bits per heavy atom. The predicted molar refractivity (Wildman–Crippen MR) is 154 cm³/mol. The maximum Gasteiger partial charge on any atom is 0.275 e. The number of alkyl halides is 1. The number of para-hydroxylation sites is 1. The number of piperidine rings is 1. The lowest BCUT2D eigenvalue weighted by Crippen LogP contribution is -2.21. The van der Waals surface area contributed by atoms with E-state index in [-0.39, 0.29) is 5.91 Å². The van der Waals surface area contributed by atoms with Gasteiger partial charge in [0, 0.05) is 29.1 Å². The minimum atomic E-state index is -0.508. The number of hydrogen-bond acceptors (Lipinski definition) is 6. The highest BCUT2D eigenvalue weighted by molar-refractivity contribution is 7.11. The SMILES string of the molecule is C/C=N\N(/C=C(\C)c1nc(C(=O)Nc2ccccc2)cs1)CC1=CC=CCC=C1CF.C1CCNCC1. The fraction of sp³-hybridized carbons (Fsp3) is 0.345. The number of nitrogens with one attached hydrogen (secondary N) is 2. The maximum absolute atomic E-state index is 13.5. The number of hydrogen-bond donors (Lipinski definition) is 2. The van der Waals surface area contributed by atoms with Crippen molar-refractivity contribution in [2.24, 2.45) is 5.10 Å². The largest absolute Gasteiger partial charge is 0.321 e. The highest BCUT2D eigenvalue weighted by Gasteiger charge is 2.14. The number of nitrogens with zero attached hydrogens (tertiary/aromatic N) is 3. The lowest BCUT2D eigenvalue weighted by molar-refractivity contribution is 0.102. The summed E-state index contributed by atoms with van der Waals surface area (Å²) in [5.41, 5.74) is 3.51. The van der Waals surface area contributed by atoms with Gasteiger partial charge in [0.1, 0.15) is 17.4 Å². The Labute approximate surface area is 223 Å². The molecule has 2 heterocycles. The molecule has 0 bridgehead atoms. The summed E-state index contributed by atoms with van der Waals surface area (Å²) >= 11 is 1.40. The molecule has 0 unspecified atom stereocenters. The maximum atomic E-state index is 13.5. The summed E-state index contributed by atoms with van der Waals surface area (Å²) in [5.74, 6) is -0.252. The Balaban J connectivity index is 0.000000555. The molecule has 1 aromatic carbocycles. The number of allylic oxidation sites excluding steroid dienone is 5. The molecule has 8 heteroatoms. The molecule has 0 saturated carbocycles. The quantitative estimate of drug-likeness (QED) is 0.303. The predicted octanol–water partition coefficient (Wildman–Crippen LogP) is 6.61. The van der Waals surface area contributed by atoms with Gasteiger partial charge in [-0.3, -0.25) is 9.80 Å². The van der Waals surface area contributed by atoms with Crippen molar-refractivity contribution in [3.05, 3.63) is 88.1 Å². The zero-order valence-electron chi connectivity index (χ0n) is 21.6. The van der Waals surface area contributed by atoms with Crippen molar-refractivity contribution in [1.29, 1.82) is 0 Å². The van der Waals surface area contributed by atoms with E-state index in [0.717, 1.165) is 28.3 Å². The van der Waals surface area contributed by atoms with Crippen molar-refractivity contribution < 1.29 is 9.18 Å². The van der Waals surface area contributed by atoms with E-state index in [1.807, 2.05) is 74.7 Å². The molecule has 0 atom stereocenters. The Kier molecular flexibility index (Phi) is 12.0. The van der Waals surface area contributed by atoms with Crippen molar-refractivity contribution in [1.82, 2.24) is 15.3 Å². The molecule has 196 valence electrons. The van der Waals surface area contributed by atoms with Crippen LogP contribution in [0.15, 0.2) is 82.5 Å². The van der Waals surface area contributed by atoms with Crippen LogP contribution < -0.4 is 10.6 Å². The van der Waals surface area contributed by atoms with Gasteiger partial charge in [0.25, 0.3) is 5.91 Å². The van der Waals surface area contributed by atoms with Crippen molar-refractivity contribution in [2.75, 3.05) is 31.6 Å². The Bertz CT molecular complexity index is 1130. The van der Waals surface area contributed by atoms with Gasteiger partial charge < -0.3 is 10.6 Å². The van der Waals surface area contributed by atoms with E-state index >= 15 is 0 Å². The van der Waals surface area contributed by atoms with Crippen LogP contribution in [-0.4, -0.2) is 48.4 Å². The third kappa shape index (κ3) is 9.55. The molecular weight excluding hydrogens is 485 g/mol. The number of anilines is 1. The summed E-state index contributed by atoms with van der Waals surface area (Å²) < 4.78 is 13.5. The van der Waals surface area contributed by atoms with E-state index in [0.29, 0.717) is 17.8 Å². The van der Waals surface area contributed by atoms with Crippen LogP contribution in [0.2, 0.25) is 0 Å². The molecule has 1 amide bonds. The van der Waals surface area contributed by atoms with Gasteiger partial charge in [-0.2, -0.15) is 5.10 Å². The fourth-order valence-electron chi connectivity index (χ4n) is 3.80. The summed E-state index contributed by atoms with van der Waals surface area (Å²) in [7, 11) is 0. The van der Waals surface area contributed by atoms with Crippen LogP contribution in [0, 0.1) is 0 Å². The lowest BCUT2D eigenvalue weighted by atomic mass is 10.1. The van der Waals surface area contributed by atoms with E-state index < -0.39 is 6.67 Å². The van der Waals surface area contributed by atoms with Crippen molar-refractivity contribution in [2.45, 2.75) is 39.5 Å². The number of halogens is 1. The average Bonchev–Trinajstić information content (AvgIpc) is 3.33. The van der Waals surface area contributed by atoms with Gasteiger partial charge in [0.15, 0.2) is 0 Å². The third-order valence-electron chi connectivity index (χ3n) is 5.74. The van der Waals surface area contributed by atoms with E-state index in [1.165, 1.54) is 43.7 Å². The highest BCUT2D eigenvalue weighted by atomic mass is 32.1. The van der Waals surface area contributed by atoms with E-state index in [4.69, 9.17) is 0 Å². The fourth-order valence-corrected chi connectivity index (χ4v) is 4.58. The zero-order chi connectivity index (χ0) is 26.3. The molecular formula is C29H36FN5OS. The molecule has 4 rings (SSSR count). The summed E-state index contributed by atoms with van der Waals surface area (Å²) in [6.45, 7) is 6.18. The number of hydrazone groups is 1. The molecule has 0 spiro atoms. The summed E-state index contributed by atoms with van der Waals surface area (Å²) in [6, 6.07) is 9.27. The molecule has 1 aromatic heterocycles. The molecule has 1 aliphatic carbocycles. The standard InChI is InChI=1S/C24H25FN4OS.C5H11N/c1-3-26-29(16-20-11-7-4-6-10-19(20)14-25)15-18(2)24-28-22(17-31-24)23(30)27-21-12-8-5-9-13-21;1-2-4-6-5-3-1/h3-5,7-13,15,17H,6,14,16H2,1-2H3,(H,27,30);6H,1-5H2/b18-15+,26-3-;. The molecule has 2 aliphatic rings. The second-order valence-corrected chi connectivity index (χ2v) is 9.53. The first-order chi connectivity index (χ1) is 18.1. The summed E-state index contributed by atoms with van der Waals surface area (Å²) in [4.78, 5) is 16.9. The van der Waals surface area contributed by atoms with Crippen molar-refractivity contribution in [3.63, 3.8) is 0 Å². The van der Waals surface area contributed by atoms with Crippen LogP contribution in [-0.2, 0) is 0 Å². The molecule has 0 radical (unpaired) electrons. The first-order valence-corrected chi connectivity index (χ1v) is 13.6. The van der Waals surface area contributed by atoms with Gasteiger partial charge in [0.05, 0.1) is 6.54 Å². The molecule has 1 aliphatic heterocycles. The minimum absolute atomic E-state index is 0.252. The number of carbonyl (C=O) groups excluding carboxylic acids is 1. The number of amides is 1. The monoisotopic (exact) mass is 521 g/mol. The average molecular weight is 522 g/mol. The Hall–Kier alpha value is -3.36. The van der Waals surface area contributed by atoms with Crippen LogP contribution in [0.25, 0.3) is 5.57 Å².